The summed E-state index contributed by atoms with van der Waals surface area (Å²) in [6, 6.07) is 11.6. The molecule has 18 heavy (non-hydrogen) atoms. The molecule has 1 aromatic carbocycles. The number of hydrogen-bond donors (Lipinski definition) is 2. The Morgan fingerprint density at radius 1 is 0.889 bits per heavy atom. The van der Waals surface area contributed by atoms with E-state index in [2.05, 4.69) is 30.6 Å². The molecular formula is C12H10N6. The van der Waals surface area contributed by atoms with Crippen molar-refractivity contribution < 1.29 is 0 Å². The zero-order valence-electron chi connectivity index (χ0n) is 9.41. The summed E-state index contributed by atoms with van der Waals surface area (Å²) in [6.07, 6.45) is 3.36. The molecule has 0 saturated heterocycles. The van der Waals surface area contributed by atoms with E-state index in [0.29, 0.717) is 11.6 Å². The summed E-state index contributed by atoms with van der Waals surface area (Å²) in [5, 5.41) is 21.5. The Morgan fingerprint density at radius 3 is 2.56 bits per heavy atom. The van der Waals surface area contributed by atoms with Gasteiger partial charge < -0.3 is 0 Å². The molecule has 0 amide bonds. The van der Waals surface area contributed by atoms with E-state index in [9.17, 15) is 0 Å². The first-order chi connectivity index (χ1) is 8.93. The maximum absolute atomic E-state index is 4.12. The zero-order valence-corrected chi connectivity index (χ0v) is 9.41. The third-order valence-corrected chi connectivity index (χ3v) is 2.45. The van der Waals surface area contributed by atoms with Gasteiger partial charge in [0.15, 0.2) is 11.6 Å². The van der Waals surface area contributed by atoms with Crippen molar-refractivity contribution in [2.24, 2.45) is 10.2 Å². The number of nitrogens with zero attached hydrogens (tertiary/aromatic N) is 4. The van der Waals surface area contributed by atoms with Crippen LogP contribution in [0.1, 0.15) is 0 Å². The Hall–Kier alpha value is -2.76. The molecular weight excluding hydrogens is 228 g/mol. The second-order valence-electron chi connectivity index (χ2n) is 3.64. The molecule has 0 aliphatic carbocycles. The lowest BCUT2D eigenvalue weighted by atomic mass is 10.1. The topological polar surface area (TPSA) is 82.1 Å². The molecule has 2 N–H and O–H groups in total. The van der Waals surface area contributed by atoms with Crippen molar-refractivity contribution in [2.75, 3.05) is 0 Å². The highest BCUT2D eigenvalue weighted by atomic mass is 15.3. The van der Waals surface area contributed by atoms with Crippen LogP contribution in [0.25, 0.3) is 11.1 Å². The minimum atomic E-state index is 0.601. The van der Waals surface area contributed by atoms with Crippen molar-refractivity contribution in [3.63, 3.8) is 0 Å². The molecule has 6 heteroatoms. The van der Waals surface area contributed by atoms with Crippen molar-refractivity contribution >= 4 is 11.6 Å². The smallest absolute Gasteiger partial charge is 0.178 e. The fourth-order valence-corrected chi connectivity index (χ4v) is 1.59. The number of H-pyrrole nitrogens is 2. The SMILES string of the molecule is c1ccc(-c2cn[nH]c2N=Nc2ccn[nH]2)cc1. The highest BCUT2D eigenvalue weighted by Gasteiger charge is 2.06. The largest absolute Gasteiger partial charge is 0.260 e. The Kier molecular flexibility index (Phi) is 2.67. The van der Waals surface area contributed by atoms with E-state index in [0.717, 1.165) is 11.1 Å². The van der Waals surface area contributed by atoms with Gasteiger partial charge in [0.2, 0.25) is 0 Å². The maximum Gasteiger partial charge on any atom is 0.178 e. The normalized spacial score (nSPS) is 11.1. The summed E-state index contributed by atoms with van der Waals surface area (Å²) < 4.78 is 0. The highest BCUT2D eigenvalue weighted by molar-refractivity contribution is 5.72. The van der Waals surface area contributed by atoms with E-state index in [-0.39, 0.29) is 0 Å². The average Bonchev–Trinajstić information content (AvgIpc) is 3.09. The van der Waals surface area contributed by atoms with E-state index in [4.69, 9.17) is 0 Å². The van der Waals surface area contributed by atoms with Crippen molar-refractivity contribution in [3.05, 3.63) is 48.8 Å². The van der Waals surface area contributed by atoms with E-state index in [1.165, 1.54) is 0 Å². The van der Waals surface area contributed by atoms with Crippen LogP contribution in [-0.2, 0) is 0 Å². The Labute approximate surface area is 103 Å². The lowest BCUT2D eigenvalue weighted by Gasteiger charge is -1.96. The number of nitrogens with one attached hydrogen (secondary N) is 2. The summed E-state index contributed by atoms with van der Waals surface area (Å²) in [4.78, 5) is 0. The fraction of sp³-hybridized carbons (Fsp3) is 0. The molecule has 2 heterocycles. The number of rotatable bonds is 3. The van der Waals surface area contributed by atoms with Crippen molar-refractivity contribution in [1.82, 2.24) is 20.4 Å². The summed E-state index contributed by atoms with van der Waals surface area (Å²) in [5.74, 6) is 1.22. The van der Waals surface area contributed by atoms with Crippen LogP contribution in [0.2, 0.25) is 0 Å². The van der Waals surface area contributed by atoms with Gasteiger partial charge in [-0.1, -0.05) is 30.3 Å². The third kappa shape index (κ3) is 2.03. The first-order valence-electron chi connectivity index (χ1n) is 5.43. The molecule has 2 aromatic heterocycles. The first kappa shape index (κ1) is 10.4. The van der Waals surface area contributed by atoms with Crippen molar-refractivity contribution in [2.45, 2.75) is 0 Å². The van der Waals surface area contributed by atoms with Crippen LogP contribution in [0, 0.1) is 0 Å². The van der Waals surface area contributed by atoms with Gasteiger partial charge in [0.05, 0.1) is 12.4 Å². The van der Waals surface area contributed by atoms with Gasteiger partial charge in [-0.25, -0.2) is 0 Å². The monoisotopic (exact) mass is 238 g/mol. The lowest BCUT2D eigenvalue weighted by molar-refractivity contribution is 1.03. The summed E-state index contributed by atoms with van der Waals surface area (Å²) in [7, 11) is 0. The molecule has 0 saturated carbocycles. The maximum atomic E-state index is 4.12. The second-order valence-corrected chi connectivity index (χ2v) is 3.64. The van der Waals surface area contributed by atoms with Crippen LogP contribution in [0.4, 0.5) is 11.6 Å². The highest BCUT2D eigenvalue weighted by Crippen LogP contribution is 2.28. The van der Waals surface area contributed by atoms with Crippen LogP contribution in [-0.4, -0.2) is 20.4 Å². The summed E-state index contributed by atoms with van der Waals surface area (Å²) >= 11 is 0. The number of hydrogen-bond acceptors (Lipinski definition) is 4. The van der Waals surface area contributed by atoms with Gasteiger partial charge in [0, 0.05) is 11.6 Å². The van der Waals surface area contributed by atoms with Gasteiger partial charge in [0.25, 0.3) is 0 Å². The quantitative estimate of drug-likeness (QED) is 0.687. The van der Waals surface area contributed by atoms with Gasteiger partial charge in [-0.2, -0.15) is 10.2 Å². The van der Waals surface area contributed by atoms with Gasteiger partial charge in [-0.15, -0.1) is 10.2 Å². The minimum Gasteiger partial charge on any atom is -0.260 e. The van der Waals surface area contributed by atoms with Crippen LogP contribution in [0.5, 0.6) is 0 Å². The second kappa shape index (κ2) is 4.62. The fourth-order valence-electron chi connectivity index (χ4n) is 1.59. The first-order valence-corrected chi connectivity index (χ1v) is 5.43. The van der Waals surface area contributed by atoms with Gasteiger partial charge in [-0.3, -0.25) is 10.2 Å². The Balaban J connectivity index is 1.93. The summed E-state index contributed by atoms with van der Waals surface area (Å²) in [5.41, 5.74) is 1.96. The van der Waals surface area contributed by atoms with Crippen molar-refractivity contribution in [1.29, 1.82) is 0 Å². The van der Waals surface area contributed by atoms with E-state index in [1.54, 1.807) is 18.5 Å². The number of aromatic nitrogens is 4. The third-order valence-electron chi connectivity index (χ3n) is 2.45. The molecule has 6 nitrogen and oxygen atoms in total. The van der Waals surface area contributed by atoms with E-state index in [1.807, 2.05) is 30.3 Å². The average molecular weight is 238 g/mol. The zero-order chi connectivity index (χ0) is 12.2. The molecule has 0 aliphatic heterocycles. The molecule has 3 rings (SSSR count). The molecule has 88 valence electrons. The molecule has 0 fully saturated rings. The van der Waals surface area contributed by atoms with Gasteiger partial charge in [0.1, 0.15) is 0 Å². The molecule has 0 spiro atoms. The Bertz CT molecular complexity index is 638. The predicted octanol–water partition coefficient (Wildman–Crippen LogP) is 3.22. The van der Waals surface area contributed by atoms with E-state index >= 15 is 0 Å². The van der Waals surface area contributed by atoms with Crippen LogP contribution >= 0.6 is 0 Å². The molecule has 3 aromatic rings. The number of azo groups is 1. The van der Waals surface area contributed by atoms with Crippen molar-refractivity contribution in [3.8, 4) is 11.1 Å². The molecule has 0 radical (unpaired) electrons. The number of aromatic amines is 2. The van der Waals surface area contributed by atoms with Crippen LogP contribution in [0.3, 0.4) is 0 Å². The molecule has 0 bridgehead atoms. The molecule has 0 unspecified atom stereocenters. The lowest BCUT2D eigenvalue weighted by Crippen LogP contribution is -1.73. The van der Waals surface area contributed by atoms with Crippen LogP contribution in [0.15, 0.2) is 59.0 Å². The van der Waals surface area contributed by atoms with Gasteiger partial charge in [-0.05, 0) is 5.56 Å². The number of benzene rings is 1. The minimum absolute atomic E-state index is 0.601. The molecule has 0 aliphatic rings. The standard InChI is InChI=1S/C12H10N6/c1-2-4-9(5-3-1)10-8-14-17-12(10)18-16-11-6-7-13-15-11/h1-8H,(H,13,15)(H,14,17). The Morgan fingerprint density at radius 2 is 1.78 bits per heavy atom. The molecule has 0 atom stereocenters. The van der Waals surface area contributed by atoms with E-state index < -0.39 is 0 Å². The van der Waals surface area contributed by atoms with Crippen LogP contribution < -0.4 is 0 Å². The summed E-state index contributed by atoms with van der Waals surface area (Å²) in [6.45, 7) is 0. The van der Waals surface area contributed by atoms with Gasteiger partial charge >= 0.3 is 0 Å². The predicted molar refractivity (Wildman–Crippen MR) is 66.8 cm³/mol.